The number of ether oxygens (including phenoxy) is 4. The summed E-state index contributed by atoms with van der Waals surface area (Å²) >= 11 is 0. The Balaban J connectivity index is 2.36. The topological polar surface area (TPSA) is 71.1 Å². The van der Waals surface area contributed by atoms with Gasteiger partial charge in [0.2, 0.25) is 0 Å². The lowest BCUT2D eigenvalue weighted by atomic mass is 10.1. The van der Waals surface area contributed by atoms with Crippen LogP contribution in [-0.2, 0) is 18.9 Å². The van der Waals surface area contributed by atoms with Crippen LogP contribution in [0, 0.1) is 5.92 Å². The van der Waals surface area contributed by atoms with E-state index in [0.717, 1.165) is 0 Å². The minimum Gasteiger partial charge on any atom is -0.438 e. The van der Waals surface area contributed by atoms with Crippen molar-refractivity contribution in [1.82, 2.24) is 0 Å². The summed E-state index contributed by atoms with van der Waals surface area (Å²) < 4.78 is 18.5. The molecule has 1 aliphatic carbocycles. The highest BCUT2D eigenvalue weighted by Gasteiger charge is 2.28. The molecular weight excluding hydrogens is 216 g/mol. The van der Waals surface area contributed by atoms with Crippen molar-refractivity contribution >= 4 is 12.3 Å². The number of carbonyl (C=O) groups excluding carboxylic acids is 2. The molecule has 1 aliphatic rings. The lowest BCUT2D eigenvalue weighted by Crippen LogP contribution is -2.26. The molecule has 0 amide bonds. The molecule has 2 atom stereocenters. The molecule has 0 spiro atoms. The first kappa shape index (κ1) is 12.4. The molecule has 0 saturated carbocycles. The predicted molar refractivity (Wildman–Crippen MR) is 52.9 cm³/mol. The zero-order valence-electron chi connectivity index (χ0n) is 9.17. The molecule has 0 fully saturated rings. The van der Waals surface area contributed by atoms with Gasteiger partial charge in [0.15, 0.2) is 0 Å². The monoisotopic (exact) mass is 230 g/mol. The van der Waals surface area contributed by atoms with Gasteiger partial charge in [-0.25, -0.2) is 9.59 Å². The summed E-state index contributed by atoms with van der Waals surface area (Å²) in [7, 11) is 2.47. The lowest BCUT2D eigenvalue weighted by Gasteiger charge is -2.18. The summed E-state index contributed by atoms with van der Waals surface area (Å²) in [5, 5.41) is 0. The van der Waals surface area contributed by atoms with Crippen molar-refractivity contribution in [3.05, 3.63) is 12.2 Å². The Labute approximate surface area is 93.1 Å². The highest BCUT2D eigenvalue weighted by molar-refractivity contribution is 5.60. The summed E-state index contributed by atoms with van der Waals surface area (Å²) in [5.41, 5.74) is 0. The van der Waals surface area contributed by atoms with Gasteiger partial charge in [-0.05, 0) is 12.5 Å². The maximum Gasteiger partial charge on any atom is 0.508 e. The van der Waals surface area contributed by atoms with Crippen molar-refractivity contribution in [3.63, 3.8) is 0 Å². The molecule has 6 nitrogen and oxygen atoms in total. The summed E-state index contributed by atoms with van der Waals surface area (Å²) in [6, 6.07) is 0. The number of hydrogen-bond donors (Lipinski definition) is 0. The molecule has 6 heteroatoms. The Morgan fingerprint density at radius 1 is 1.25 bits per heavy atom. The van der Waals surface area contributed by atoms with Crippen molar-refractivity contribution in [1.29, 1.82) is 0 Å². The van der Waals surface area contributed by atoms with E-state index < -0.39 is 18.4 Å². The highest BCUT2D eigenvalue weighted by Crippen LogP contribution is 2.22. The third kappa shape index (κ3) is 3.45. The fourth-order valence-electron chi connectivity index (χ4n) is 1.37. The molecular formula is C10H14O6. The van der Waals surface area contributed by atoms with Crippen molar-refractivity contribution in [2.24, 2.45) is 5.92 Å². The zero-order chi connectivity index (χ0) is 12.0. The molecule has 90 valence electrons. The van der Waals surface area contributed by atoms with E-state index in [0.29, 0.717) is 6.42 Å². The normalized spacial score (nSPS) is 22.6. The Kier molecular flexibility index (Phi) is 4.63. The molecule has 0 unspecified atom stereocenters. The van der Waals surface area contributed by atoms with Gasteiger partial charge in [-0.15, -0.1) is 0 Å². The molecule has 0 aromatic heterocycles. The third-order valence-electron chi connectivity index (χ3n) is 2.21. The minimum absolute atomic E-state index is 0.0850. The predicted octanol–water partition coefficient (Wildman–Crippen LogP) is 1.50. The Hall–Kier alpha value is -1.72. The van der Waals surface area contributed by atoms with Gasteiger partial charge in [0, 0.05) is 5.92 Å². The second kappa shape index (κ2) is 5.99. The fourth-order valence-corrected chi connectivity index (χ4v) is 1.37. The van der Waals surface area contributed by atoms with Gasteiger partial charge in [-0.2, -0.15) is 0 Å². The van der Waals surface area contributed by atoms with Crippen LogP contribution in [0.1, 0.15) is 6.42 Å². The van der Waals surface area contributed by atoms with Crippen molar-refractivity contribution in [2.45, 2.75) is 12.5 Å². The van der Waals surface area contributed by atoms with Crippen LogP contribution in [0.5, 0.6) is 0 Å². The smallest absolute Gasteiger partial charge is 0.438 e. The second-order valence-electron chi connectivity index (χ2n) is 3.23. The minimum atomic E-state index is -0.750. The van der Waals surface area contributed by atoms with Crippen LogP contribution in [0.3, 0.4) is 0 Å². The first-order valence-corrected chi connectivity index (χ1v) is 4.79. The fraction of sp³-hybridized carbons (Fsp3) is 0.600. The molecule has 1 rings (SSSR count). The molecule has 0 heterocycles. The van der Waals surface area contributed by atoms with Crippen LogP contribution < -0.4 is 0 Å². The number of hydrogen-bond acceptors (Lipinski definition) is 6. The maximum absolute atomic E-state index is 10.9. The van der Waals surface area contributed by atoms with Gasteiger partial charge in [0.1, 0.15) is 12.7 Å². The molecule has 0 N–H and O–H groups in total. The first-order chi connectivity index (χ1) is 7.67. The number of carbonyl (C=O) groups is 2. The van der Waals surface area contributed by atoms with E-state index in [9.17, 15) is 9.59 Å². The number of methoxy groups -OCH3 is 2. The Morgan fingerprint density at radius 3 is 2.56 bits per heavy atom. The number of rotatable bonds is 3. The second-order valence-corrected chi connectivity index (χ2v) is 3.23. The van der Waals surface area contributed by atoms with Crippen LogP contribution >= 0.6 is 0 Å². The van der Waals surface area contributed by atoms with Gasteiger partial charge in [0.05, 0.1) is 14.2 Å². The van der Waals surface area contributed by atoms with Crippen LogP contribution in [0.2, 0.25) is 0 Å². The van der Waals surface area contributed by atoms with Crippen LogP contribution in [0.25, 0.3) is 0 Å². The van der Waals surface area contributed by atoms with E-state index >= 15 is 0 Å². The van der Waals surface area contributed by atoms with E-state index in [-0.39, 0.29) is 12.5 Å². The van der Waals surface area contributed by atoms with Crippen molar-refractivity contribution in [3.8, 4) is 0 Å². The van der Waals surface area contributed by atoms with E-state index in [4.69, 9.17) is 9.47 Å². The molecule has 0 aromatic rings. The molecule has 0 bridgehead atoms. The quantitative estimate of drug-likeness (QED) is 0.540. The molecule has 16 heavy (non-hydrogen) atoms. The van der Waals surface area contributed by atoms with Crippen molar-refractivity contribution in [2.75, 3.05) is 20.8 Å². The van der Waals surface area contributed by atoms with E-state index in [1.807, 2.05) is 6.08 Å². The van der Waals surface area contributed by atoms with Crippen LogP contribution in [0.15, 0.2) is 12.2 Å². The molecule has 0 aliphatic heterocycles. The van der Waals surface area contributed by atoms with Gasteiger partial charge < -0.3 is 18.9 Å². The zero-order valence-corrected chi connectivity index (χ0v) is 9.17. The van der Waals surface area contributed by atoms with Crippen molar-refractivity contribution < 1.29 is 28.5 Å². The van der Waals surface area contributed by atoms with Gasteiger partial charge in [-0.3, -0.25) is 0 Å². The summed E-state index contributed by atoms with van der Waals surface area (Å²) in [5.74, 6) is -0.0850. The summed E-state index contributed by atoms with van der Waals surface area (Å²) in [4.78, 5) is 21.7. The maximum atomic E-state index is 10.9. The number of allylic oxidation sites excluding steroid dienone is 1. The molecule has 0 saturated heterocycles. The van der Waals surface area contributed by atoms with Gasteiger partial charge >= 0.3 is 12.3 Å². The van der Waals surface area contributed by atoms with Gasteiger partial charge in [0.25, 0.3) is 0 Å². The average Bonchev–Trinajstić information content (AvgIpc) is 2.73. The molecule has 0 aromatic carbocycles. The molecule has 0 radical (unpaired) electrons. The van der Waals surface area contributed by atoms with E-state index in [2.05, 4.69) is 9.47 Å². The van der Waals surface area contributed by atoms with Gasteiger partial charge in [-0.1, -0.05) is 6.08 Å². The van der Waals surface area contributed by atoms with E-state index in [1.54, 1.807) is 6.08 Å². The largest absolute Gasteiger partial charge is 0.508 e. The SMILES string of the molecule is COC(=O)OC[C@@H]1CC=C[C@H]1OC(=O)OC. The third-order valence-corrected chi connectivity index (χ3v) is 2.21. The Morgan fingerprint density at radius 2 is 1.94 bits per heavy atom. The van der Waals surface area contributed by atoms with Crippen LogP contribution in [0.4, 0.5) is 9.59 Å². The van der Waals surface area contributed by atoms with Crippen LogP contribution in [-0.4, -0.2) is 39.2 Å². The Bertz CT molecular complexity index is 285. The summed E-state index contributed by atoms with van der Waals surface area (Å²) in [6.07, 6.45) is 2.36. The highest BCUT2D eigenvalue weighted by atomic mass is 16.7. The van der Waals surface area contributed by atoms with E-state index in [1.165, 1.54) is 14.2 Å². The first-order valence-electron chi connectivity index (χ1n) is 4.79. The average molecular weight is 230 g/mol. The standard InChI is InChI=1S/C10H14O6/c1-13-9(11)15-6-7-4-3-5-8(7)16-10(12)14-2/h3,5,7-8H,4,6H2,1-2H3/t7-,8+/m0/s1. The summed E-state index contributed by atoms with van der Waals surface area (Å²) in [6.45, 7) is 0.140. The lowest BCUT2D eigenvalue weighted by molar-refractivity contribution is 0.0115.